The van der Waals surface area contributed by atoms with Crippen molar-refractivity contribution >= 4 is 5.91 Å². The highest BCUT2D eigenvalue weighted by Gasteiger charge is 2.35. The SMILES string of the molecule is O=C(NCCCC(F)(F)F)[C@H]1CCCN1C1CCOCC1. The van der Waals surface area contributed by atoms with Crippen LogP contribution in [0.1, 0.15) is 38.5 Å². The summed E-state index contributed by atoms with van der Waals surface area (Å²) in [6, 6.07) is 0.186. The average molecular weight is 308 g/mol. The molecule has 7 heteroatoms. The standard InChI is InChI=1S/C14H23F3N2O2/c15-14(16,17)6-2-7-18-13(20)12-3-1-8-19(12)11-4-9-21-10-5-11/h11-12H,1-10H2,(H,18,20)/t12-/m1/s1. The van der Waals surface area contributed by atoms with E-state index in [1.165, 1.54) is 0 Å². The number of nitrogens with one attached hydrogen (secondary N) is 1. The Hall–Kier alpha value is -0.820. The first-order chi connectivity index (χ1) is 9.97. The Bertz CT molecular complexity index is 344. The third kappa shape index (κ3) is 5.14. The summed E-state index contributed by atoms with van der Waals surface area (Å²) in [6.45, 7) is 2.43. The zero-order valence-electron chi connectivity index (χ0n) is 12.1. The van der Waals surface area contributed by atoms with E-state index in [2.05, 4.69) is 10.2 Å². The third-order valence-electron chi connectivity index (χ3n) is 4.19. The molecule has 2 rings (SSSR count). The summed E-state index contributed by atoms with van der Waals surface area (Å²) >= 11 is 0. The van der Waals surface area contributed by atoms with Crippen molar-refractivity contribution in [2.75, 3.05) is 26.3 Å². The van der Waals surface area contributed by atoms with Crippen LogP contribution in [-0.2, 0) is 9.53 Å². The predicted molar refractivity (Wildman–Crippen MR) is 71.9 cm³/mol. The lowest BCUT2D eigenvalue weighted by Crippen LogP contribution is -2.49. The molecule has 0 aromatic heterocycles. The summed E-state index contributed by atoms with van der Waals surface area (Å²) in [5.41, 5.74) is 0. The maximum Gasteiger partial charge on any atom is 0.389 e. The molecule has 122 valence electrons. The quantitative estimate of drug-likeness (QED) is 0.791. The summed E-state index contributed by atoms with van der Waals surface area (Å²) in [5.74, 6) is -0.124. The van der Waals surface area contributed by atoms with Gasteiger partial charge in [-0.1, -0.05) is 0 Å². The molecule has 2 saturated heterocycles. The first-order valence-electron chi connectivity index (χ1n) is 7.65. The van der Waals surface area contributed by atoms with E-state index in [-0.39, 0.29) is 24.9 Å². The molecule has 2 heterocycles. The number of amides is 1. The van der Waals surface area contributed by atoms with Crippen molar-refractivity contribution in [3.63, 3.8) is 0 Å². The Morgan fingerprint density at radius 3 is 2.62 bits per heavy atom. The molecule has 0 aromatic rings. The van der Waals surface area contributed by atoms with Crippen LogP contribution in [0.2, 0.25) is 0 Å². The second-order valence-corrected chi connectivity index (χ2v) is 5.75. The van der Waals surface area contributed by atoms with E-state index in [4.69, 9.17) is 4.74 Å². The minimum atomic E-state index is -4.15. The summed E-state index contributed by atoms with van der Waals surface area (Å²) in [5, 5.41) is 2.65. The van der Waals surface area contributed by atoms with Crippen LogP contribution in [0, 0.1) is 0 Å². The van der Waals surface area contributed by atoms with E-state index in [1.54, 1.807) is 0 Å². The fraction of sp³-hybridized carbons (Fsp3) is 0.929. The maximum atomic E-state index is 12.2. The molecule has 0 unspecified atom stereocenters. The van der Waals surface area contributed by atoms with Gasteiger partial charge in [-0.15, -0.1) is 0 Å². The molecule has 2 fully saturated rings. The Kier molecular flexibility index (Phi) is 5.87. The zero-order chi connectivity index (χ0) is 15.3. The number of carbonyl (C=O) groups excluding carboxylic acids is 1. The number of alkyl halides is 3. The van der Waals surface area contributed by atoms with Gasteiger partial charge >= 0.3 is 6.18 Å². The monoisotopic (exact) mass is 308 g/mol. The van der Waals surface area contributed by atoms with E-state index in [1.807, 2.05) is 0 Å². The van der Waals surface area contributed by atoms with Gasteiger partial charge in [-0.3, -0.25) is 9.69 Å². The van der Waals surface area contributed by atoms with Crippen LogP contribution in [0.3, 0.4) is 0 Å². The minimum Gasteiger partial charge on any atom is -0.381 e. The fourth-order valence-electron chi connectivity index (χ4n) is 3.14. The van der Waals surface area contributed by atoms with Gasteiger partial charge in [0.05, 0.1) is 6.04 Å². The lowest BCUT2D eigenvalue weighted by Gasteiger charge is -2.34. The van der Waals surface area contributed by atoms with E-state index in [9.17, 15) is 18.0 Å². The molecule has 21 heavy (non-hydrogen) atoms. The molecule has 1 amide bonds. The highest BCUT2D eigenvalue weighted by Crippen LogP contribution is 2.25. The maximum absolute atomic E-state index is 12.2. The fourth-order valence-corrected chi connectivity index (χ4v) is 3.14. The molecule has 0 saturated carbocycles. The summed E-state index contributed by atoms with van der Waals surface area (Å²) < 4.78 is 41.5. The van der Waals surface area contributed by atoms with Crippen molar-refractivity contribution in [1.82, 2.24) is 10.2 Å². The van der Waals surface area contributed by atoms with Crippen LogP contribution in [-0.4, -0.2) is 55.4 Å². The number of likely N-dealkylation sites (tertiary alicyclic amines) is 1. The van der Waals surface area contributed by atoms with Crippen molar-refractivity contribution in [2.45, 2.75) is 56.8 Å². The predicted octanol–water partition coefficient (Wildman–Crippen LogP) is 2.09. The number of rotatable bonds is 5. The molecular weight excluding hydrogens is 285 g/mol. The first kappa shape index (κ1) is 16.5. The van der Waals surface area contributed by atoms with E-state index < -0.39 is 12.6 Å². The first-order valence-corrected chi connectivity index (χ1v) is 7.65. The molecule has 2 aliphatic rings. The summed E-state index contributed by atoms with van der Waals surface area (Å²) in [6.07, 6.45) is -1.43. The number of carbonyl (C=O) groups is 1. The van der Waals surface area contributed by atoms with Crippen molar-refractivity contribution in [2.24, 2.45) is 0 Å². The van der Waals surface area contributed by atoms with Crippen molar-refractivity contribution in [3.05, 3.63) is 0 Å². The van der Waals surface area contributed by atoms with E-state index in [0.29, 0.717) is 6.04 Å². The molecule has 2 aliphatic heterocycles. The molecule has 0 bridgehead atoms. The lowest BCUT2D eigenvalue weighted by molar-refractivity contribution is -0.136. The topological polar surface area (TPSA) is 41.6 Å². The van der Waals surface area contributed by atoms with Gasteiger partial charge in [0, 0.05) is 32.2 Å². The van der Waals surface area contributed by atoms with Crippen LogP contribution >= 0.6 is 0 Å². The van der Waals surface area contributed by atoms with Gasteiger partial charge < -0.3 is 10.1 Å². The molecule has 0 radical (unpaired) electrons. The van der Waals surface area contributed by atoms with Gasteiger partial charge in [-0.05, 0) is 38.6 Å². The molecule has 0 spiro atoms. The van der Waals surface area contributed by atoms with E-state index >= 15 is 0 Å². The minimum absolute atomic E-state index is 0.0563. The van der Waals surface area contributed by atoms with Crippen LogP contribution in [0.4, 0.5) is 13.2 Å². The zero-order valence-corrected chi connectivity index (χ0v) is 12.1. The Morgan fingerprint density at radius 1 is 1.24 bits per heavy atom. The second kappa shape index (κ2) is 7.45. The molecule has 4 nitrogen and oxygen atoms in total. The Morgan fingerprint density at radius 2 is 1.95 bits per heavy atom. The Labute approximate surface area is 123 Å². The van der Waals surface area contributed by atoms with Crippen LogP contribution in [0.5, 0.6) is 0 Å². The van der Waals surface area contributed by atoms with E-state index in [0.717, 1.165) is 45.4 Å². The highest BCUT2D eigenvalue weighted by molar-refractivity contribution is 5.82. The number of nitrogens with zero attached hydrogens (tertiary/aromatic N) is 1. The molecular formula is C14H23F3N2O2. The average Bonchev–Trinajstić information content (AvgIpc) is 2.93. The van der Waals surface area contributed by atoms with Crippen molar-refractivity contribution in [1.29, 1.82) is 0 Å². The molecule has 1 N–H and O–H groups in total. The van der Waals surface area contributed by atoms with Crippen molar-refractivity contribution in [3.8, 4) is 0 Å². The van der Waals surface area contributed by atoms with Gasteiger partial charge in [0.1, 0.15) is 0 Å². The largest absolute Gasteiger partial charge is 0.389 e. The third-order valence-corrected chi connectivity index (χ3v) is 4.19. The molecule has 1 atom stereocenters. The van der Waals surface area contributed by atoms with Gasteiger partial charge in [0.2, 0.25) is 5.91 Å². The summed E-state index contributed by atoms with van der Waals surface area (Å²) in [7, 11) is 0. The Balaban J connectivity index is 1.75. The van der Waals surface area contributed by atoms with Gasteiger partial charge in [-0.25, -0.2) is 0 Å². The van der Waals surface area contributed by atoms with Gasteiger partial charge in [-0.2, -0.15) is 13.2 Å². The van der Waals surface area contributed by atoms with Gasteiger partial charge in [0.15, 0.2) is 0 Å². The smallest absolute Gasteiger partial charge is 0.381 e. The number of halogens is 3. The summed E-state index contributed by atoms with van der Waals surface area (Å²) in [4.78, 5) is 14.4. The normalized spacial score (nSPS) is 25.2. The number of hydrogen-bond donors (Lipinski definition) is 1. The number of ether oxygens (including phenoxy) is 1. The van der Waals surface area contributed by atoms with Gasteiger partial charge in [0.25, 0.3) is 0 Å². The molecule has 0 aliphatic carbocycles. The van der Waals surface area contributed by atoms with Crippen LogP contribution in [0.25, 0.3) is 0 Å². The highest BCUT2D eigenvalue weighted by atomic mass is 19.4. The lowest BCUT2D eigenvalue weighted by atomic mass is 10.1. The van der Waals surface area contributed by atoms with Crippen LogP contribution in [0.15, 0.2) is 0 Å². The number of hydrogen-bond acceptors (Lipinski definition) is 3. The molecule has 0 aromatic carbocycles. The van der Waals surface area contributed by atoms with Crippen molar-refractivity contribution < 1.29 is 22.7 Å². The van der Waals surface area contributed by atoms with Crippen LogP contribution < -0.4 is 5.32 Å². The second-order valence-electron chi connectivity index (χ2n) is 5.75.